The molecular formula is C27H26N8O2. The first-order chi connectivity index (χ1) is 17.9. The molecule has 37 heavy (non-hydrogen) atoms. The van der Waals surface area contributed by atoms with Gasteiger partial charge >= 0.3 is 0 Å². The minimum atomic E-state index is -0.798. The second kappa shape index (κ2) is 10.1. The lowest BCUT2D eigenvalue weighted by Gasteiger charge is -2.13. The molecule has 10 heteroatoms. The van der Waals surface area contributed by atoms with Crippen LogP contribution >= 0.6 is 0 Å². The molecule has 1 saturated carbocycles. The molecule has 2 amide bonds. The standard InChI is InChI=1S/C27H26N8O2/c1-16(2)14-29-24-25-32-22(27(37)33-34-28)23(35(25)15-21(31-24)17-6-4-3-5-7-17)18-8-10-19(11-9-18)26(36)30-20-12-13-20/h3-11,15-16,20H,12-14H2,1-2H3,(H,29,31)(H,30,36). The lowest BCUT2D eigenvalue weighted by molar-refractivity contribution is 0.0949. The molecule has 0 aliphatic heterocycles. The normalized spacial score (nSPS) is 12.8. The maximum atomic E-state index is 12.8. The highest BCUT2D eigenvalue weighted by molar-refractivity contribution is 6.01. The number of nitrogens with one attached hydrogen (secondary N) is 2. The van der Waals surface area contributed by atoms with Crippen molar-refractivity contribution in [2.75, 3.05) is 11.9 Å². The minimum absolute atomic E-state index is 0.00703. The van der Waals surface area contributed by atoms with Gasteiger partial charge in [-0.25, -0.2) is 9.97 Å². The fraction of sp³-hybridized carbons (Fsp3) is 0.259. The molecule has 2 aromatic heterocycles. The second-order valence-corrected chi connectivity index (χ2v) is 9.44. The molecule has 5 rings (SSSR count). The van der Waals surface area contributed by atoms with Gasteiger partial charge in [0.1, 0.15) is 5.69 Å². The molecule has 186 valence electrons. The van der Waals surface area contributed by atoms with Crippen molar-refractivity contribution in [1.82, 2.24) is 19.7 Å². The Kier molecular flexibility index (Phi) is 6.57. The van der Waals surface area contributed by atoms with Crippen LogP contribution in [0.15, 0.2) is 65.9 Å². The summed E-state index contributed by atoms with van der Waals surface area (Å²) in [6, 6.07) is 16.9. The average molecular weight is 495 g/mol. The molecule has 4 aromatic rings. The monoisotopic (exact) mass is 494 g/mol. The summed E-state index contributed by atoms with van der Waals surface area (Å²) in [5.41, 5.74) is 12.6. The van der Waals surface area contributed by atoms with Gasteiger partial charge in [0.2, 0.25) is 0 Å². The lowest BCUT2D eigenvalue weighted by atomic mass is 10.1. The summed E-state index contributed by atoms with van der Waals surface area (Å²) in [5.74, 6) is -0.0758. The van der Waals surface area contributed by atoms with Crippen molar-refractivity contribution in [3.05, 3.63) is 82.5 Å². The molecule has 1 aliphatic carbocycles. The third kappa shape index (κ3) is 5.14. The van der Waals surface area contributed by atoms with Crippen molar-refractivity contribution < 1.29 is 9.59 Å². The van der Waals surface area contributed by atoms with Gasteiger partial charge in [-0.05, 0) is 41.5 Å². The van der Waals surface area contributed by atoms with Crippen LogP contribution in [0.5, 0.6) is 0 Å². The van der Waals surface area contributed by atoms with E-state index in [0.29, 0.717) is 46.4 Å². The van der Waals surface area contributed by atoms with Crippen LogP contribution in [-0.2, 0) is 0 Å². The Balaban J connectivity index is 1.69. The van der Waals surface area contributed by atoms with Crippen molar-refractivity contribution in [2.24, 2.45) is 11.0 Å². The molecule has 1 aliphatic rings. The summed E-state index contributed by atoms with van der Waals surface area (Å²) in [6.07, 6.45) is 3.82. The first-order valence-corrected chi connectivity index (χ1v) is 12.2. The highest BCUT2D eigenvalue weighted by Gasteiger charge is 2.25. The van der Waals surface area contributed by atoms with Crippen LogP contribution in [0.4, 0.5) is 5.82 Å². The van der Waals surface area contributed by atoms with Gasteiger partial charge in [-0.1, -0.05) is 56.3 Å². The van der Waals surface area contributed by atoms with Gasteiger partial charge in [-0.15, -0.1) is 0 Å². The first-order valence-electron chi connectivity index (χ1n) is 12.2. The molecule has 10 nitrogen and oxygen atoms in total. The van der Waals surface area contributed by atoms with E-state index in [1.54, 1.807) is 28.7 Å². The minimum Gasteiger partial charge on any atom is -0.367 e. The van der Waals surface area contributed by atoms with E-state index in [1.807, 2.05) is 36.5 Å². The molecule has 0 radical (unpaired) electrons. The number of imidazole rings is 1. The molecular weight excluding hydrogens is 468 g/mol. The summed E-state index contributed by atoms with van der Waals surface area (Å²) >= 11 is 0. The van der Waals surface area contributed by atoms with Gasteiger partial charge < -0.3 is 10.6 Å². The van der Waals surface area contributed by atoms with E-state index >= 15 is 0 Å². The SMILES string of the molecule is CC(C)CNc1nc(-c2ccccc2)cn2c(-c3ccc(C(=O)NC4CC4)cc3)c(C(=O)N=[N+]=[N-])nc12. The lowest BCUT2D eigenvalue weighted by Crippen LogP contribution is -2.25. The number of aromatic nitrogens is 3. The van der Waals surface area contributed by atoms with Gasteiger partial charge in [0.25, 0.3) is 11.8 Å². The number of hydrogen-bond donors (Lipinski definition) is 2. The molecule has 0 spiro atoms. The number of azide groups is 1. The summed E-state index contributed by atoms with van der Waals surface area (Å²) in [6.45, 7) is 4.81. The Hall–Kier alpha value is -4.69. The van der Waals surface area contributed by atoms with Gasteiger partial charge in [0.05, 0.1) is 11.4 Å². The van der Waals surface area contributed by atoms with Crippen molar-refractivity contribution in [3.63, 3.8) is 0 Å². The Morgan fingerprint density at radius 3 is 2.46 bits per heavy atom. The zero-order valence-corrected chi connectivity index (χ0v) is 20.5. The summed E-state index contributed by atoms with van der Waals surface area (Å²) in [5, 5.41) is 9.63. The van der Waals surface area contributed by atoms with Crippen molar-refractivity contribution >= 4 is 23.3 Å². The molecule has 2 N–H and O–H groups in total. The van der Waals surface area contributed by atoms with Crippen LogP contribution in [-0.4, -0.2) is 38.8 Å². The highest BCUT2D eigenvalue weighted by Crippen LogP contribution is 2.31. The Morgan fingerprint density at radius 1 is 1.08 bits per heavy atom. The van der Waals surface area contributed by atoms with E-state index < -0.39 is 5.91 Å². The summed E-state index contributed by atoms with van der Waals surface area (Å²) in [4.78, 5) is 37.4. The Morgan fingerprint density at radius 2 is 1.81 bits per heavy atom. The third-order valence-corrected chi connectivity index (χ3v) is 6.03. The number of carbonyl (C=O) groups excluding carboxylic acids is 2. The molecule has 2 heterocycles. The van der Waals surface area contributed by atoms with E-state index in [9.17, 15) is 9.59 Å². The van der Waals surface area contributed by atoms with Gasteiger partial charge in [0.15, 0.2) is 11.5 Å². The van der Waals surface area contributed by atoms with Gasteiger partial charge in [-0.2, -0.15) is 0 Å². The van der Waals surface area contributed by atoms with Crippen molar-refractivity contribution in [2.45, 2.75) is 32.7 Å². The van der Waals surface area contributed by atoms with Gasteiger partial charge in [-0.3, -0.25) is 14.0 Å². The Labute approximate surface area is 213 Å². The van der Waals surface area contributed by atoms with Crippen LogP contribution in [0.3, 0.4) is 0 Å². The number of amides is 2. The highest BCUT2D eigenvalue weighted by atomic mass is 16.2. The second-order valence-electron chi connectivity index (χ2n) is 9.44. The van der Waals surface area contributed by atoms with Crippen LogP contribution in [0, 0.1) is 5.92 Å². The molecule has 2 aromatic carbocycles. The zero-order chi connectivity index (χ0) is 25.9. The summed E-state index contributed by atoms with van der Waals surface area (Å²) in [7, 11) is 0. The number of benzene rings is 2. The fourth-order valence-electron chi connectivity index (χ4n) is 4.00. The Bertz CT molecular complexity index is 1520. The average Bonchev–Trinajstić information content (AvgIpc) is 3.64. The maximum Gasteiger partial charge on any atom is 0.269 e. The van der Waals surface area contributed by atoms with Crippen molar-refractivity contribution in [3.8, 4) is 22.5 Å². The number of fused-ring (bicyclic) bond motifs is 1. The van der Waals surface area contributed by atoms with E-state index in [1.165, 1.54) is 0 Å². The predicted molar refractivity (Wildman–Crippen MR) is 141 cm³/mol. The number of rotatable bonds is 8. The molecule has 0 atom stereocenters. The van der Waals surface area contributed by atoms with Crippen LogP contribution in [0.25, 0.3) is 38.6 Å². The smallest absolute Gasteiger partial charge is 0.269 e. The number of carbonyl (C=O) groups is 2. The number of nitrogens with zero attached hydrogens (tertiary/aromatic N) is 6. The summed E-state index contributed by atoms with van der Waals surface area (Å²) < 4.78 is 1.79. The van der Waals surface area contributed by atoms with Crippen LogP contribution in [0.1, 0.15) is 47.5 Å². The predicted octanol–water partition coefficient (Wildman–Crippen LogP) is 5.47. The van der Waals surface area contributed by atoms with E-state index in [4.69, 9.17) is 10.5 Å². The van der Waals surface area contributed by atoms with Crippen LogP contribution in [0.2, 0.25) is 0 Å². The van der Waals surface area contributed by atoms with Crippen molar-refractivity contribution in [1.29, 1.82) is 0 Å². The molecule has 0 bridgehead atoms. The quantitative estimate of drug-likeness (QED) is 0.190. The zero-order valence-electron chi connectivity index (χ0n) is 20.5. The molecule has 0 saturated heterocycles. The van der Waals surface area contributed by atoms with E-state index in [-0.39, 0.29) is 17.6 Å². The largest absolute Gasteiger partial charge is 0.367 e. The van der Waals surface area contributed by atoms with Gasteiger partial charge in [0, 0.05) is 40.4 Å². The van der Waals surface area contributed by atoms with E-state index in [2.05, 4.69) is 39.5 Å². The maximum absolute atomic E-state index is 12.8. The van der Waals surface area contributed by atoms with Crippen LogP contribution < -0.4 is 10.6 Å². The molecule has 1 fully saturated rings. The molecule has 0 unspecified atom stereocenters. The number of hydrogen-bond acceptors (Lipinski definition) is 5. The fourth-order valence-corrected chi connectivity index (χ4v) is 4.00. The number of anilines is 1. The first kappa shape index (κ1) is 24.0. The van der Waals surface area contributed by atoms with E-state index in [0.717, 1.165) is 18.4 Å². The third-order valence-electron chi connectivity index (χ3n) is 6.03. The topological polar surface area (TPSA) is 137 Å².